The minimum Gasteiger partial charge on any atom is -0.397 e. The third kappa shape index (κ3) is 1.57. The second kappa shape index (κ2) is 3.74. The number of hydrogen-bond donors (Lipinski definition) is 1. The second-order valence-corrected chi connectivity index (χ2v) is 4.06. The minimum absolute atomic E-state index is 0.694. The van der Waals surface area contributed by atoms with Crippen molar-refractivity contribution in [3.8, 4) is 0 Å². The van der Waals surface area contributed by atoms with Gasteiger partial charge in [0.15, 0.2) is 5.82 Å². The van der Waals surface area contributed by atoms with E-state index >= 15 is 0 Å². The minimum atomic E-state index is 0.694. The highest BCUT2D eigenvalue weighted by atomic mass is 79.9. The molecule has 0 saturated carbocycles. The molecule has 1 aromatic heterocycles. The van der Waals surface area contributed by atoms with Crippen molar-refractivity contribution in [3.63, 3.8) is 0 Å². The van der Waals surface area contributed by atoms with Crippen LogP contribution < -0.4 is 10.8 Å². The van der Waals surface area contributed by atoms with Crippen LogP contribution in [0.5, 0.6) is 0 Å². The van der Waals surface area contributed by atoms with Gasteiger partial charge in [0.05, 0.1) is 23.0 Å². The maximum Gasteiger partial charge on any atom is 0.167 e. The summed E-state index contributed by atoms with van der Waals surface area (Å²) in [6.45, 7) is 3.60. The topological polar surface area (TPSA) is 51.4 Å². The molecule has 2 N–H and O–H groups in total. The fraction of sp³-hybridized carbons (Fsp3) is 0.444. The first-order valence-corrected chi connectivity index (χ1v) is 5.30. The molecule has 1 aliphatic heterocycles. The summed E-state index contributed by atoms with van der Waals surface area (Å²) < 4.78 is 0.916. The van der Waals surface area contributed by atoms with Crippen LogP contribution in [0.25, 0.3) is 0 Å². The fourth-order valence-electron chi connectivity index (χ4n) is 1.37. The lowest BCUT2D eigenvalue weighted by atomic mass is 10.2. The predicted octanol–water partition coefficient (Wildman–Crippen LogP) is 1.88. The Bertz CT molecular complexity index is 350. The molecule has 1 aromatic rings. The van der Waals surface area contributed by atoms with Gasteiger partial charge in [-0.3, -0.25) is 4.84 Å². The van der Waals surface area contributed by atoms with Crippen molar-refractivity contribution in [3.05, 3.63) is 16.2 Å². The molecule has 0 radical (unpaired) electrons. The Kier molecular flexibility index (Phi) is 2.60. The maximum atomic E-state index is 5.74. The summed E-state index contributed by atoms with van der Waals surface area (Å²) in [5.41, 5.74) is 7.44. The number of anilines is 2. The highest BCUT2D eigenvalue weighted by molar-refractivity contribution is 9.10. The Morgan fingerprint density at radius 2 is 2.43 bits per heavy atom. The Morgan fingerprint density at radius 1 is 1.64 bits per heavy atom. The molecule has 1 saturated heterocycles. The number of halogens is 1. The third-order valence-corrected chi connectivity index (χ3v) is 3.22. The van der Waals surface area contributed by atoms with Crippen molar-refractivity contribution < 1.29 is 4.84 Å². The molecule has 0 atom stereocenters. The van der Waals surface area contributed by atoms with Gasteiger partial charge >= 0.3 is 0 Å². The van der Waals surface area contributed by atoms with E-state index < -0.39 is 0 Å². The third-order valence-electron chi connectivity index (χ3n) is 2.27. The molecular formula is C9H12BrN3O. The Labute approximate surface area is 91.1 Å². The molecule has 76 valence electrons. The summed E-state index contributed by atoms with van der Waals surface area (Å²) in [6, 6.07) is 0. The van der Waals surface area contributed by atoms with Crippen molar-refractivity contribution in [2.24, 2.45) is 0 Å². The Morgan fingerprint density at radius 3 is 3.07 bits per heavy atom. The van der Waals surface area contributed by atoms with Crippen LogP contribution in [0.2, 0.25) is 0 Å². The average Bonchev–Trinajstić information content (AvgIpc) is 2.67. The van der Waals surface area contributed by atoms with Crippen molar-refractivity contribution in [2.75, 3.05) is 23.9 Å². The summed E-state index contributed by atoms with van der Waals surface area (Å²) in [5, 5.41) is 1.80. The van der Waals surface area contributed by atoms with Gasteiger partial charge in [-0.1, -0.05) is 0 Å². The molecule has 14 heavy (non-hydrogen) atoms. The lowest BCUT2D eigenvalue weighted by molar-refractivity contribution is 0.166. The number of nitrogens with two attached hydrogens (primary N) is 1. The van der Waals surface area contributed by atoms with Crippen molar-refractivity contribution in [1.82, 2.24) is 4.98 Å². The standard InChI is InChI=1S/C9H12BrN3O/c1-6-7(11)5-12-9(8(6)10)13-3-2-4-14-13/h5H,2-4,11H2,1H3. The van der Waals surface area contributed by atoms with E-state index in [0.29, 0.717) is 5.69 Å². The summed E-state index contributed by atoms with van der Waals surface area (Å²) in [6.07, 6.45) is 2.70. The van der Waals surface area contributed by atoms with Gasteiger partial charge < -0.3 is 5.73 Å². The van der Waals surface area contributed by atoms with E-state index in [9.17, 15) is 0 Å². The van der Waals surface area contributed by atoms with Crippen molar-refractivity contribution >= 4 is 27.4 Å². The van der Waals surface area contributed by atoms with Crippen LogP contribution in [0.3, 0.4) is 0 Å². The van der Waals surface area contributed by atoms with Gasteiger partial charge in [-0.2, -0.15) is 0 Å². The smallest absolute Gasteiger partial charge is 0.167 e. The van der Waals surface area contributed by atoms with Gasteiger partial charge in [-0.05, 0) is 34.8 Å². The molecule has 0 amide bonds. The molecule has 2 heterocycles. The monoisotopic (exact) mass is 257 g/mol. The summed E-state index contributed by atoms with van der Waals surface area (Å²) in [4.78, 5) is 9.66. The van der Waals surface area contributed by atoms with Crippen LogP contribution in [-0.2, 0) is 4.84 Å². The first-order chi connectivity index (χ1) is 6.70. The van der Waals surface area contributed by atoms with E-state index in [1.165, 1.54) is 0 Å². The van der Waals surface area contributed by atoms with Crippen LogP contribution >= 0.6 is 15.9 Å². The van der Waals surface area contributed by atoms with Crippen molar-refractivity contribution in [2.45, 2.75) is 13.3 Å². The van der Waals surface area contributed by atoms with E-state index in [-0.39, 0.29) is 0 Å². The largest absolute Gasteiger partial charge is 0.397 e. The quantitative estimate of drug-likeness (QED) is 0.835. The molecule has 1 aliphatic rings. The molecule has 0 bridgehead atoms. The molecule has 5 heteroatoms. The Balaban J connectivity index is 2.38. The zero-order valence-corrected chi connectivity index (χ0v) is 9.54. The zero-order chi connectivity index (χ0) is 10.1. The lowest BCUT2D eigenvalue weighted by Crippen LogP contribution is -2.18. The molecule has 2 rings (SSSR count). The van der Waals surface area contributed by atoms with E-state index in [4.69, 9.17) is 10.6 Å². The number of nitrogens with zero attached hydrogens (tertiary/aromatic N) is 2. The van der Waals surface area contributed by atoms with Crippen LogP contribution in [0.4, 0.5) is 11.5 Å². The summed E-state index contributed by atoms with van der Waals surface area (Å²) >= 11 is 3.48. The lowest BCUT2D eigenvalue weighted by Gasteiger charge is -2.17. The van der Waals surface area contributed by atoms with E-state index in [1.54, 1.807) is 11.3 Å². The number of hydroxylamine groups is 1. The van der Waals surface area contributed by atoms with E-state index in [2.05, 4.69) is 20.9 Å². The normalized spacial score (nSPS) is 16.3. The first-order valence-electron chi connectivity index (χ1n) is 4.51. The molecule has 0 aromatic carbocycles. The molecule has 0 unspecified atom stereocenters. The van der Waals surface area contributed by atoms with Gasteiger partial charge in [-0.25, -0.2) is 10.0 Å². The molecule has 4 nitrogen and oxygen atoms in total. The fourth-order valence-corrected chi connectivity index (χ4v) is 1.90. The average molecular weight is 258 g/mol. The zero-order valence-electron chi connectivity index (χ0n) is 7.96. The number of pyridine rings is 1. The van der Waals surface area contributed by atoms with Gasteiger partial charge in [0.2, 0.25) is 0 Å². The van der Waals surface area contributed by atoms with Crippen LogP contribution in [0.1, 0.15) is 12.0 Å². The maximum absolute atomic E-state index is 5.74. The van der Waals surface area contributed by atoms with Crippen LogP contribution in [-0.4, -0.2) is 18.1 Å². The molecule has 0 aliphatic carbocycles. The summed E-state index contributed by atoms with van der Waals surface area (Å²) in [5.74, 6) is 0.814. The second-order valence-electron chi connectivity index (χ2n) is 3.27. The van der Waals surface area contributed by atoms with Crippen molar-refractivity contribution in [1.29, 1.82) is 0 Å². The van der Waals surface area contributed by atoms with Crippen LogP contribution in [0, 0.1) is 6.92 Å². The SMILES string of the molecule is Cc1c(N)cnc(N2CCCO2)c1Br. The number of rotatable bonds is 1. The Hall–Kier alpha value is -0.810. The first kappa shape index (κ1) is 9.73. The van der Waals surface area contributed by atoms with Gasteiger partial charge in [0.1, 0.15) is 0 Å². The molecule has 1 fully saturated rings. The van der Waals surface area contributed by atoms with E-state index in [1.807, 2.05) is 6.92 Å². The van der Waals surface area contributed by atoms with Gasteiger partial charge in [0.25, 0.3) is 0 Å². The molecular weight excluding hydrogens is 246 g/mol. The number of hydrogen-bond acceptors (Lipinski definition) is 4. The van der Waals surface area contributed by atoms with E-state index in [0.717, 1.165) is 35.4 Å². The highest BCUT2D eigenvalue weighted by Gasteiger charge is 2.19. The van der Waals surface area contributed by atoms with Gasteiger partial charge in [-0.15, -0.1) is 0 Å². The number of nitrogen functional groups attached to an aromatic ring is 1. The highest BCUT2D eigenvalue weighted by Crippen LogP contribution is 2.31. The van der Waals surface area contributed by atoms with Gasteiger partial charge in [0, 0.05) is 6.54 Å². The molecule has 0 spiro atoms. The predicted molar refractivity (Wildman–Crippen MR) is 59.0 cm³/mol. The van der Waals surface area contributed by atoms with Crippen LogP contribution in [0.15, 0.2) is 10.7 Å². The summed E-state index contributed by atoms with van der Waals surface area (Å²) in [7, 11) is 0. The number of aromatic nitrogens is 1.